The van der Waals surface area contributed by atoms with Gasteiger partial charge in [-0.25, -0.2) is 0 Å². The van der Waals surface area contributed by atoms with E-state index < -0.39 is 0 Å². The highest BCUT2D eigenvalue weighted by Crippen LogP contribution is 2.09. The van der Waals surface area contributed by atoms with Gasteiger partial charge >= 0.3 is 0 Å². The van der Waals surface area contributed by atoms with Gasteiger partial charge in [0.15, 0.2) is 0 Å². The van der Waals surface area contributed by atoms with Crippen molar-refractivity contribution in [1.29, 1.82) is 0 Å². The van der Waals surface area contributed by atoms with E-state index in [4.69, 9.17) is 5.11 Å². The van der Waals surface area contributed by atoms with Crippen molar-refractivity contribution >= 4 is 5.91 Å². The lowest BCUT2D eigenvalue weighted by Crippen LogP contribution is -2.26. The smallest absolute Gasteiger partial charge is 0.255 e. The summed E-state index contributed by atoms with van der Waals surface area (Å²) < 4.78 is 0. The Kier molecular flexibility index (Phi) is 5.02. The molecule has 0 aliphatic carbocycles. The normalized spacial score (nSPS) is 9.62. The molecule has 0 unspecified atom stereocenters. The zero-order valence-electron chi connectivity index (χ0n) is 11.7. The molecule has 0 bridgehead atoms. The number of rotatable bonds is 3. The fourth-order valence-electron chi connectivity index (χ4n) is 1.87. The first-order valence-electron chi connectivity index (χ1n) is 6.41. The van der Waals surface area contributed by atoms with E-state index in [1.165, 1.54) is 12.4 Å². The summed E-state index contributed by atoms with van der Waals surface area (Å²) in [4.78, 5) is 13.8. The van der Waals surface area contributed by atoms with Gasteiger partial charge in [0.2, 0.25) is 0 Å². The third-order valence-electron chi connectivity index (χ3n) is 2.84. The summed E-state index contributed by atoms with van der Waals surface area (Å²) in [6, 6.07) is 9.20. The number of carbonyl (C=O) groups is 1. The summed E-state index contributed by atoms with van der Waals surface area (Å²) in [5, 5.41) is 16.1. The predicted molar refractivity (Wildman–Crippen MR) is 78.2 cm³/mol. The highest BCUT2D eigenvalue weighted by Gasteiger charge is 2.12. The van der Waals surface area contributed by atoms with Gasteiger partial charge in [0.25, 0.3) is 5.91 Å². The largest absolute Gasteiger partial charge is 0.384 e. The third kappa shape index (κ3) is 4.13. The van der Waals surface area contributed by atoms with Crippen LogP contribution in [0.5, 0.6) is 0 Å². The van der Waals surface area contributed by atoms with E-state index in [2.05, 4.69) is 22.0 Å². The molecule has 1 N–H and O–H groups in total. The Labute approximate surface area is 123 Å². The molecule has 0 aliphatic heterocycles. The molecule has 0 saturated heterocycles. The van der Waals surface area contributed by atoms with Gasteiger partial charge in [0.1, 0.15) is 6.61 Å². The zero-order chi connectivity index (χ0) is 15.1. The van der Waals surface area contributed by atoms with Crippen LogP contribution in [-0.4, -0.2) is 39.8 Å². The first kappa shape index (κ1) is 14.7. The average Bonchev–Trinajstić information content (AvgIpc) is 2.53. The maximum Gasteiger partial charge on any atom is 0.255 e. The van der Waals surface area contributed by atoms with E-state index in [1.807, 2.05) is 24.3 Å². The summed E-state index contributed by atoms with van der Waals surface area (Å²) in [6.45, 7) is 0.299. The second kappa shape index (κ2) is 7.17. The Hall–Kier alpha value is -2.71. The van der Waals surface area contributed by atoms with Crippen LogP contribution >= 0.6 is 0 Å². The van der Waals surface area contributed by atoms with Crippen molar-refractivity contribution in [3.05, 3.63) is 59.4 Å². The van der Waals surface area contributed by atoms with Gasteiger partial charge in [0, 0.05) is 19.2 Å². The number of hydrogen-bond donors (Lipinski definition) is 1. The van der Waals surface area contributed by atoms with Crippen LogP contribution in [0.3, 0.4) is 0 Å². The molecule has 0 radical (unpaired) electrons. The van der Waals surface area contributed by atoms with E-state index in [0.29, 0.717) is 12.1 Å². The maximum absolute atomic E-state index is 12.2. The highest BCUT2D eigenvalue weighted by molar-refractivity contribution is 5.93. The van der Waals surface area contributed by atoms with Crippen molar-refractivity contribution in [2.24, 2.45) is 0 Å². The van der Waals surface area contributed by atoms with Crippen molar-refractivity contribution in [3.63, 3.8) is 0 Å². The van der Waals surface area contributed by atoms with Gasteiger partial charge in [-0.15, -0.1) is 0 Å². The Morgan fingerprint density at radius 3 is 2.90 bits per heavy atom. The quantitative estimate of drug-likeness (QED) is 0.855. The molecule has 1 amide bonds. The number of aromatic nitrogens is 2. The van der Waals surface area contributed by atoms with E-state index >= 15 is 0 Å². The van der Waals surface area contributed by atoms with Crippen LogP contribution in [0, 0.1) is 11.8 Å². The van der Waals surface area contributed by atoms with Gasteiger partial charge < -0.3 is 10.0 Å². The number of carbonyl (C=O) groups excluding carboxylic acids is 1. The van der Waals surface area contributed by atoms with Gasteiger partial charge in [-0.05, 0) is 23.8 Å². The maximum atomic E-state index is 12.2. The van der Waals surface area contributed by atoms with Crippen LogP contribution in [-0.2, 0) is 6.54 Å². The lowest BCUT2D eigenvalue weighted by molar-refractivity contribution is 0.0784. The lowest BCUT2D eigenvalue weighted by atomic mass is 10.1. The fourth-order valence-corrected chi connectivity index (χ4v) is 1.87. The molecule has 1 aromatic heterocycles. The number of hydrogen-bond acceptors (Lipinski definition) is 4. The molecular weight excluding hydrogens is 266 g/mol. The zero-order valence-corrected chi connectivity index (χ0v) is 11.7. The Bertz CT molecular complexity index is 675. The van der Waals surface area contributed by atoms with E-state index in [9.17, 15) is 4.79 Å². The first-order valence-corrected chi connectivity index (χ1v) is 6.41. The molecule has 0 atom stereocenters. The van der Waals surface area contributed by atoms with Crippen LogP contribution in [0.4, 0.5) is 0 Å². The topological polar surface area (TPSA) is 66.3 Å². The van der Waals surface area contributed by atoms with Crippen molar-refractivity contribution in [1.82, 2.24) is 15.1 Å². The van der Waals surface area contributed by atoms with Crippen LogP contribution in [0.2, 0.25) is 0 Å². The lowest BCUT2D eigenvalue weighted by Gasteiger charge is -2.17. The molecule has 5 nitrogen and oxygen atoms in total. The molecule has 21 heavy (non-hydrogen) atoms. The highest BCUT2D eigenvalue weighted by atomic mass is 16.2. The summed E-state index contributed by atoms with van der Waals surface area (Å²) in [6.07, 6.45) is 2.94. The molecule has 0 aliphatic rings. The molecule has 1 heterocycles. The molecule has 2 rings (SSSR count). The van der Waals surface area contributed by atoms with Gasteiger partial charge in [0.05, 0.1) is 18.0 Å². The van der Waals surface area contributed by atoms with Crippen LogP contribution in [0.15, 0.2) is 42.7 Å². The minimum atomic E-state index is -0.169. The minimum absolute atomic E-state index is 0.114. The number of nitrogens with zero attached hydrogens (tertiary/aromatic N) is 3. The molecule has 0 saturated carbocycles. The Balaban J connectivity index is 2.09. The SMILES string of the molecule is CN(Cc1cccc(C#CCO)c1)C(=O)c1ccnnc1. The predicted octanol–water partition coefficient (Wildman–Crippen LogP) is 1.09. The molecule has 106 valence electrons. The number of amides is 1. The standard InChI is InChI=1S/C16H15N3O2/c1-19(16(21)15-7-8-17-18-11-15)12-14-5-2-4-13(10-14)6-3-9-20/h2,4-5,7-8,10-11,20H,9,12H2,1H3. The summed E-state index contributed by atoms with van der Waals surface area (Å²) in [5.41, 5.74) is 2.29. The van der Waals surface area contributed by atoms with Gasteiger partial charge in [-0.2, -0.15) is 10.2 Å². The molecule has 0 fully saturated rings. The fraction of sp³-hybridized carbons (Fsp3) is 0.188. The van der Waals surface area contributed by atoms with Crippen LogP contribution < -0.4 is 0 Å². The monoisotopic (exact) mass is 281 g/mol. The van der Waals surface area contributed by atoms with E-state index in [0.717, 1.165) is 11.1 Å². The number of benzene rings is 1. The second-order valence-electron chi connectivity index (χ2n) is 4.45. The summed E-state index contributed by atoms with van der Waals surface area (Å²) >= 11 is 0. The number of aliphatic hydroxyl groups is 1. The third-order valence-corrected chi connectivity index (χ3v) is 2.84. The van der Waals surface area contributed by atoms with Gasteiger partial charge in [-0.1, -0.05) is 24.0 Å². The Morgan fingerprint density at radius 2 is 2.19 bits per heavy atom. The average molecular weight is 281 g/mol. The van der Waals surface area contributed by atoms with E-state index in [-0.39, 0.29) is 12.5 Å². The van der Waals surface area contributed by atoms with Crippen molar-refractivity contribution in [3.8, 4) is 11.8 Å². The second-order valence-corrected chi connectivity index (χ2v) is 4.45. The summed E-state index contributed by atoms with van der Waals surface area (Å²) in [7, 11) is 1.73. The number of aliphatic hydroxyl groups excluding tert-OH is 1. The van der Waals surface area contributed by atoms with Crippen molar-refractivity contribution in [2.75, 3.05) is 13.7 Å². The molecule has 1 aromatic carbocycles. The van der Waals surface area contributed by atoms with Crippen molar-refractivity contribution in [2.45, 2.75) is 6.54 Å². The van der Waals surface area contributed by atoms with Crippen LogP contribution in [0.25, 0.3) is 0 Å². The van der Waals surface area contributed by atoms with Gasteiger partial charge in [-0.3, -0.25) is 4.79 Å². The first-order chi connectivity index (χ1) is 10.2. The molecule has 2 aromatic rings. The Morgan fingerprint density at radius 1 is 1.33 bits per heavy atom. The molecular formula is C16H15N3O2. The van der Waals surface area contributed by atoms with Crippen LogP contribution in [0.1, 0.15) is 21.5 Å². The minimum Gasteiger partial charge on any atom is -0.384 e. The van der Waals surface area contributed by atoms with Crippen molar-refractivity contribution < 1.29 is 9.90 Å². The molecule has 0 spiro atoms. The summed E-state index contributed by atoms with van der Waals surface area (Å²) in [5.74, 6) is 5.34. The molecule has 5 heteroatoms. The van der Waals surface area contributed by atoms with E-state index in [1.54, 1.807) is 18.0 Å².